The van der Waals surface area contributed by atoms with E-state index in [-0.39, 0.29) is 11.7 Å². The quantitative estimate of drug-likeness (QED) is 0.474. The highest BCUT2D eigenvalue weighted by atomic mass is 19.4. The number of ether oxygens (including phenoxy) is 1. The van der Waals surface area contributed by atoms with Crippen molar-refractivity contribution in [3.8, 4) is 5.88 Å². The molecule has 0 bridgehead atoms. The van der Waals surface area contributed by atoms with Crippen LogP contribution in [-0.4, -0.2) is 16.6 Å². The summed E-state index contributed by atoms with van der Waals surface area (Å²) in [5.41, 5.74) is 2.04. The van der Waals surface area contributed by atoms with Crippen molar-refractivity contribution in [1.82, 2.24) is 9.97 Å². The van der Waals surface area contributed by atoms with Crippen molar-refractivity contribution in [2.24, 2.45) is 5.84 Å². The molecule has 96 valence electrons. The summed E-state index contributed by atoms with van der Waals surface area (Å²) in [7, 11) is 0. The first kappa shape index (κ1) is 13.5. The molecule has 8 heteroatoms. The summed E-state index contributed by atoms with van der Waals surface area (Å²) in [5.74, 6) is 3.46. The molecule has 0 aliphatic heterocycles. The monoisotopic (exact) mass is 250 g/mol. The van der Waals surface area contributed by atoms with E-state index in [1.54, 1.807) is 0 Å². The van der Waals surface area contributed by atoms with E-state index in [0.717, 1.165) is 12.8 Å². The van der Waals surface area contributed by atoms with Crippen LogP contribution in [0.2, 0.25) is 0 Å². The van der Waals surface area contributed by atoms with Gasteiger partial charge in [0.25, 0.3) is 0 Å². The Labute approximate surface area is 96.2 Å². The zero-order valence-electron chi connectivity index (χ0n) is 9.21. The number of anilines is 1. The lowest BCUT2D eigenvalue weighted by molar-refractivity contribution is -0.145. The van der Waals surface area contributed by atoms with Crippen molar-refractivity contribution in [1.29, 1.82) is 0 Å². The van der Waals surface area contributed by atoms with E-state index < -0.39 is 12.0 Å². The molecule has 0 saturated carbocycles. The van der Waals surface area contributed by atoms with Gasteiger partial charge in [0.05, 0.1) is 6.61 Å². The number of unbranched alkanes of at least 4 members (excludes halogenated alkanes) is 1. The Bertz CT molecular complexity index is 370. The van der Waals surface area contributed by atoms with Gasteiger partial charge in [-0.25, -0.2) is 10.8 Å². The Morgan fingerprint density at radius 1 is 1.41 bits per heavy atom. The molecule has 0 amide bonds. The van der Waals surface area contributed by atoms with E-state index in [9.17, 15) is 13.2 Å². The van der Waals surface area contributed by atoms with Crippen molar-refractivity contribution in [3.05, 3.63) is 11.9 Å². The summed E-state index contributed by atoms with van der Waals surface area (Å²) >= 11 is 0. The molecule has 0 spiro atoms. The van der Waals surface area contributed by atoms with E-state index in [0.29, 0.717) is 6.61 Å². The second-order valence-electron chi connectivity index (χ2n) is 3.26. The minimum absolute atomic E-state index is 0.140. The van der Waals surface area contributed by atoms with Crippen LogP contribution in [-0.2, 0) is 6.18 Å². The van der Waals surface area contributed by atoms with Gasteiger partial charge in [0.1, 0.15) is 5.82 Å². The number of nitrogens with two attached hydrogens (primary N) is 1. The molecule has 0 aliphatic rings. The molecule has 5 nitrogen and oxygen atoms in total. The summed E-state index contributed by atoms with van der Waals surface area (Å²) in [6, 6.07) is 1.21. The molecule has 0 radical (unpaired) electrons. The number of rotatable bonds is 5. The summed E-state index contributed by atoms with van der Waals surface area (Å²) in [5, 5.41) is 0. The molecule has 3 N–H and O–H groups in total. The zero-order valence-corrected chi connectivity index (χ0v) is 9.21. The highest BCUT2D eigenvalue weighted by Crippen LogP contribution is 2.28. The molecule has 0 aliphatic carbocycles. The summed E-state index contributed by atoms with van der Waals surface area (Å²) in [4.78, 5) is 6.47. The van der Waals surface area contributed by atoms with E-state index in [2.05, 4.69) is 9.97 Å². The minimum Gasteiger partial charge on any atom is -0.478 e. The minimum atomic E-state index is -4.63. The van der Waals surface area contributed by atoms with Gasteiger partial charge in [-0.2, -0.15) is 18.2 Å². The Kier molecular flexibility index (Phi) is 4.50. The Morgan fingerprint density at radius 2 is 2.12 bits per heavy atom. The van der Waals surface area contributed by atoms with Gasteiger partial charge >= 0.3 is 6.18 Å². The maximum Gasteiger partial charge on any atom is 0.451 e. The van der Waals surface area contributed by atoms with E-state index >= 15 is 0 Å². The number of aromatic nitrogens is 2. The van der Waals surface area contributed by atoms with Crippen molar-refractivity contribution >= 4 is 5.82 Å². The first-order valence-corrected chi connectivity index (χ1v) is 5.03. The van der Waals surface area contributed by atoms with Crippen LogP contribution in [0, 0.1) is 0 Å². The highest BCUT2D eigenvalue weighted by molar-refractivity contribution is 5.37. The molecule has 0 atom stereocenters. The van der Waals surface area contributed by atoms with Crippen LogP contribution in [0.1, 0.15) is 25.6 Å². The fourth-order valence-corrected chi connectivity index (χ4v) is 1.02. The van der Waals surface area contributed by atoms with Gasteiger partial charge < -0.3 is 10.2 Å². The third-order valence-corrected chi connectivity index (χ3v) is 1.85. The first-order chi connectivity index (χ1) is 7.97. The van der Waals surface area contributed by atoms with Crippen LogP contribution in [0.5, 0.6) is 5.88 Å². The number of hydrogen-bond acceptors (Lipinski definition) is 5. The predicted molar refractivity (Wildman–Crippen MR) is 55.2 cm³/mol. The van der Waals surface area contributed by atoms with Crippen LogP contribution in [0.3, 0.4) is 0 Å². The van der Waals surface area contributed by atoms with E-state index in [4.69, 9.17) is 10.6 Å². The largest absolute Gasteiger partial charge is 0.478 e. The van der Waals surface area contributed by atoms with Crippen LogP contribution in [0.15, 0.2) is 6.07 Å². The molecule has 1 heterocycles. The number of hydrazine groups is 1. The van der Waals surface area contributed by atoms with Crippen LogP contribution >= 0.6 is 0 Å². The average molecular weight is 250 g/mol. The molecule has 0 unspecified atom stereocenters. The second kappa shape index (κ2) is 5.67. The predicted octanol–water partition coefficient (Wildman–Crippen LogP) is 1.96. The van der Waals surface area contributed by atoms with Gasteiger partial charge in [-0.15, -0.1) is 0 Å². The van der Waals surface area contributed by atoms with Gasteiger partial charge in [-0.05, 0) is 6.42 Å². The number of halogens is 3. The lowest BCUT2D eigenvalue weighted by Gasteiger charge is -2.10. The first-order valence-electron chi connectivity index (χ1n) is 5.03. The molecule has 0 saturated heterocycles. The third-order valence-electron chi connectivity index (χ3n) is 1.85. The average Bonchev–Trinajstić information content (AvgIpc) is 2.28. The lowest BCUT2D eigenvalue weighted by Crippen LogP contribution is -2.16. The van der Waals surface area contributed by atoms with Crippen molar-refractivity contribution in [2.45, 2.75) is 25.9 Å². The number of alkyl halides is 3. The van der Waals surface area contributed by atoms with Crippen molar-refractivity contribution in [2.75, 3.05) is 12.0 Å². The lowest BCUT2D eigenvalue weighted by atomic mass is 10.4. The van der Waals surface area contributed by atoms with Crippen LogP contribution in [0.25, 0.3) is 0 Å². The molecule has 0 aromatic carbocycles. The maximum atomic E-state index is 12.4. The van der Waals surface area contributed by atoms with Gasteiger partial charge in [0.2, 0.25) is 11.7 Å². The number of nitrogens with zero attached hydrogens (tertiary/aromatic N) is 2. The molecular formula is C9H13F3N4O. The highest BCUT2D eigenvalue weighted by Gasteiger charge is 2.35. The van der Waals surface area contributed by atoms with E-state index in [1.807, 2.05) is 12.3 Å². The van der Waals surface area contributed by atoms with Gasteiger partial charge in [0.15, 0.2) is 0 Å². The fraction of sp³-hybridized carbons (Fsp3) is 0.556. The van der Waals surface area contributed by atoms with Gasteiger partial charge in [0, 0.05) is 6.07 Å². The molecular weight excluding hydrogens is 237 g/mol. The van der Waals surface area contributed by atoms with Crippen molar-refractivity contribution in [3.63, 3.8) is 0 Å². The van der Waals surface area contributed by atoms with Crippen LogP contribution in [0.4, 0.5) is 19.0 Å². The standard InChI is InChI=1S/C9H13F3N4O/c1-2-3-4-17-7-5-6(16-13)14-8(15-7)9(10,11)12/h5H,2-4,13H2,1H3,(H,14,15,16). The Balaban J connectivity index is 2.89. The maximum absolute atomic E-state index is 12.4. The number of nitrogens with one attached hydrogen (secondary N) is 1. The second-order valence-corrected chi connectivity index (χ2v) is 3.26. The number of nitrogen functional groups attached to an aromatic ring is 1. The number of hydrogen-bond donors (Lipinski definition) is 2. The molecule has 1 aromatic heterocycles. The van der Waals surface area contributed by atoms with E-state index in [1.165, 1.54) is 6.07 Å². The SMILES string of the molecule is CCCCOc1cc(NN)nc(C(F)(F)F)n1. The van der Waals surface area contributed by atoms with Crippen LogP contribution < -0.4 is 16.0 Å². The summed E-state index contributed by atoms with van der Waals surface area (Å²) in [6.07, 6.45) is -3.02. The fourth-order valence-electron chi connectivity index (χ4n) is 1.02. The molecule has 1 aromatic rings. The molecule has 1 rings (SSSR count). The smallest absolute Gasteiger partial charge is 0.451 e. The van der Waals surface area contributed by atoms with Gasteiger partial charge in [-0.1, -0.05) is 13.3 Å². The Morgan fingerprint density at radius 3 is 2.65 bits per heavy atom. The third kappa shape index (κ3) is 4.06. The molecule has 0 fully saturated rings. The Hall–Kier alpha value is -1.57. The summed E-state index contributed by atoms with van der Waals surface area (Å²) < 4.78 is 42.3. The van der Waals surface area contributed by atoms with Gasteiger partial charge in [-0.3, -0.25) is 0 Å². The summed E-state index contributed by atoms with van der Waals surface area (Å²) in [6.45, 7) is 2.24. The normalized spacial score (nSPS) is 11.4. The molecule has 17 heavy (non-hydrogen) atoms. The zero-order chi connectivity index (χ0) is 12.9. The topological polar surface area (TPSA) is 73.1 Å². The van der Waals surface area contributed by atoms with Crippen molar-refractivity contribution < 1.29 is 17.9 Å².